The minimum atomic E-state index is -0.395. The highest BCUT2D eigenvalue weighted by Gasteiger charge is 2.20. The topological polar surface area (TPSA) is 71.1 Å². The number of anilines is 1. The minimum absolute atomic E-state index is 0.00161. The van der Waals surface area contributed by atoms with Gasteiger partial charge in [-0.05, 0) is 31.0 Å². The molecule has 2 amide bonds. The van der Waals surface area contributed by atoms with Crippen LogP contribution in [0.2, 0.25) is 0 Å². The predicted octanol–water partition coefficient (Wildman–Crippen LogP) is 2.27. The number of pyridine rings is 1. The molecule has 0 aliphatic heterocycles. The second-order valence-electron chi connectivity index (χ2n) is 5.88. The van der Waals surface area contributed by atoms with Gasteiger partial charge in [-0.2, -0.15) is 0 Å². The van der Waals surface area contributed by atoms with Crippen LogP contribution in [0.15, 0.2) is 18.3 Å². The Bertz CT molecular complexity index is 478. The van der Waals surface area contributed by atoms with Crippen LogP contribution in [0, 0.1) is 12.3 Å². The monoisotopic (exact) mass is 277 g/mol. The van der Waals surface area contributed by atoms with E-state index in [0.29, 0.717) is 25.2 Å². The van der Waals surface area contributed by atoms with E-state index in [-0.39, 0.29) is 11.8 Å². The van der Waals surface area contributed by atoms with Gasteiger partial charge < -0.3 is 10.6 Å². The molecule has 2 N–H and O–H groups in total. The second kappa shape index (κ2) is 7.03. The van der Waals surface area contributed by atoms with Crippen LogP contribution in [0.5, 0.6) is 0 Å². The highest BCUT2D eigenvalue weighted by atomic mass is 16.2. The maximum Gasteiger partial charge on any atom is 0.225 e. The molecular weight excluding hydrogens is 254 g/mol. The van der Waals surface area contributed by atoms with Crippen LogP contribution in [0.4, 0.5) is 5.82 Å². The lowest BCUT2D eigenvalue weighted by Crippen LogP contribution is -2.35. The van der Waals surface area contributed by atoms with Crippen molar-refractivity contribution in [3.8, 4) is 0 Å². The Kier molecular flexibility index (Phi) is 5.67. The van der Waals surface area contributed by atoms with Crippen molar-refractivity contribution in [2.24, 2.45) is 5.41 Å². The molecule has 0 atom stereocenters. The molecule has 110 valence electrons. The van der Waals surface area contributed by atoms with Crippen molar-refractivity contribution in [3.05, 3.63) is 23.9 Å². The molecule has 0 saturated heterocycles. The smallest absolute Gasteiger partial charge is 0.225 e. The molecule has 20 heavy (non-hydrogen) atoms. The average Bonchev–Trinajstić information content (AvgIpc) is 2.33. The molecular formula is C15H23N3O2. The molecule has 5 heteroatoms. The third-order valence-corrected chi connectivity index (χ3v) is 2.73. The van der Waals surface area contributed by atoms with E-state index in [9.17, 15) is 9.59 Å². The van der Waals surface area contributed by atoms with Crippen molar-refractivity contribution in [1.82, 2.24) is 10.3 Å². The number of rotatable bonds is 5. The molecule has 1 rings (SSSR count). The van der Waals surface area contributed by atoms with Crippen LogP contribution in [0.3, 0.4) is 0 Å². The molecule has 0 fully saturated rings. The lowest BCUT2D eigenvalue weighted by Gasteiger charge is -2.17. The van der Waals surface area contributed by atoms with Crippen LogP contribution in [-0.4, -0.2) is 23.3 Å². The summed E-state index contributed by atoms with van der Waals surface area (Å²) in [7, 11) is 0. The number of nitrogens with one attached hydrogen (secondary N) is 2. The summed E-state index contributed by atoms with van der Waals surface area (Å²) in [5.74, 6) is 0.472. The largest absolute Gasteiger partial charge is 0.356 e. The summed E-state index contributed by atoms with van der Waals surface area (Å²) in [4.78, 5) is 27.4. The molecule has 0 aromatic carbocycles. The maximum atomic E-state index is 11.7. The van der Waals surface area contributed by atoms with Gasteiger partial charge in [0.15, 0.2) is 0 Å². The van der Waals surface area contributed by atoms with E-state index in [1.165, 1.54) is 0 Å². The Morgan fingerprint density at radius 1 is 1.30 bits per heavy atom. The van der Waals surface area contributed by atoms with Crippen molar-refractivity contribution < 1.29 is 9.59 Å². The summed E-state index contributed by atoms with van der Waals surface area (Å²) >= 11 is 0. The fourth-order valence-electron chi connectivity index (χ4n) is 1.53. The van der Waals surface area contributed by atoms with Gasteiger partial charge >= 0.3 is 0 Å². The maximum absolute atomic E-state index is 11.7. The lowest BCUT2D eigenvalue weighted by atomic mass is 9.96. The number of aromatic nitrogens is 1. The van der Waals surface area contributed by atoms with E-state index in [2.05, 4.69) is 15.6 Å². The zero-order valence-electron chi connectivity index (χ0n) is 12.6. The predicted molar refractivity (Wildman–Crippen MR) is 79.3 cm³/mol. The van der Waals surface area contributed by atoms with E-state index in [1.54, 1.807) is 6.20 Å². The molecule has 1 heterocycles. The Morgan fingerprint density at radius 2 is 2.00 bits per heavy atom. The van der Waals surface area contributed by atoms with Crippen LogP contribution < -0.4 is 10.6 Å². The Labute approximate surface area is 120 Å². The SMILES string of the molecule is Cc1ccnc(NC(=O)CCCNC(=O)C(C)(C)C)c1. The summed E-state index contributed by atoms with van der Waals surface area (Å²) in [5.41, 5.74) is 0.654. The van der Waals surface area contributed by atoms with Gasteiger partial charge in [0.1, 0.15) is 5.82 Å². The molecule has 0 unspecified atom stereocenters. The van der Waals surface area contributed by atoms with Gasteiger partial charge in [-0.25, -0.2) is 4.98 Å². The number of carbonyl (C=O) groups is 2. The average molecular weight is 277 g/mol. The molecule has 1 aromatic rings. The fraction of sp³-hybridized carbons (Fsp3) is 0.533. The van der Waals surface area contributed by atoms with Gasteiger partial charge in [0, 0.05) is 24.6 Å². The van der Waals surface area contributed by atoms with Crippen molar-refractivity contribution in [2.45, 2.75) is 40.5 Å². The standard InChI is InChI=1S/C15H23N3O2/c1-11-7-9-16-12(10-11)18-13(19)6-5-8-17-14(20)15(2,3)4/h7,9-10H,5-6,8H2,1-4H3,(H,17,20)(H,16,18,19). The third kappa shape index (κ3) is 5.82. The van der Waals surface area contributed by atoms with Gasteiger partial charge in [-0.15, -0.1) is 0 Å². The van der Waals surface area contributed by atoms with E-state index in [1.807, 2.05) is 39.8 Å². The second-order valence-corrected chi connectivity index (χ2v) is 5.88. The molecule has 0 spiro atoms. The minimum Gasteiger partial charge on any atom is -0.356 e. The molecule has 0 aliphatic rings. The van der Waals surface area contributed by atoms with Gasteiger partial charge in [-0.3, -0.25) is 9.59 Å². The quantitative estimate of drug-likeness (QED) is 0.811. The number of carbonyl (C=O) groups excluding carboxylic acids is 2. The van der Waals surface area contributed by atoms with Crippen molar-refractivity contribution in [2.75, 3.05) is 11.9 Å². The summed E-state index contributed by atoms with van der Waals surface area (Å²) in [5, 5.41) is 5.55. The zero-order chi connectivity index (χ0) is 15.2. The first-order chi connectivity index (χ1) is 9.29. The van der Waals surface area contributed by atoms with Crippen LogP contribution in [0.1, 0.15) is 39.2 Å². The fourth-order valence-corrected chi connectivity index (χ4v) is 1.53. The normalized spacial score (nSPS) is 11.0. The lowest BCUT2D eigenvalue weighted by molar-refractivity contribution is -0.128. The van der Waals surface area contributed by atoms with E-state index < -0.39 is 5.41 Å². The first-order valence-corrected chi connectivity index (χ1v) is 6.80. The Hall–Kier alpha value is -1.91. The van der Waals surface area contributed by atoms with Crippen LogP contribution in [0.25, 0.3) is 0 Å². The number of hydrogen-bond acceptors (Lipinski definition) is 3. The van der Waals surface area contributed by atoms with Gasteiger partial charge in [0.25, 0.3) is 0 Å². The summed E-state index contributed by atoms with van der Waals surface area (Å²) < 4.78 is 0. The van der Waals surface area contributed by atoms with Gasteiger partial charge in [-0.1, -0.05) is 20.8 Å². The zero-order valence-corrected chi connectivity index (χ0v) is 12.6. The number of amides is 2. The summed E-state index contributed by atoms with van der Waals surface area (Å²) in [6.45, 7) is 8.03. The molecule has 0 saturated carbocycles. The first-order valence-electron chi connectivity index (χ1n) is 6.80. The molecule has 0 bridgehead atoms. The summed E-state index contributed by atoms with van der Waals surface area (Å²) in [6.07, 6.45) is 2.63. The number of aryl methyl sites for hydroxylation is 1. The highest BCUT2D eigenvalue weighted by molar-refractivity contribution is 5.89. The van der Waals surface area contributed by atoms with Gasteiger partial charge in [0.2, 0.25) is 11.8 Å². The Morgan fingerprint density at radius 3 is 2.60 bits per heavy atom. The van der Waals surface area contributed by atoms with Crippen molar-refractivity contribution in [3.63, 3.8) is 0 Å². The van der Waals surface area contributed by atoms with E-state index in [0.717, 1.165) is 5.56 Å². The number of nitrogens with zero attached hydrogens (tertiary/aromatic N) is 1. The molecule has 0 radical (unpaired) electrons. The van der Waals surface area contributed by atoms with E-state index >= 15 is 0 Å². The van der Waals surface area contributed by atoms with Gasteiger partial charge in [0.05, 0.1) is 0 Å². The van der Waals surface area contributed by atoms with Crippen LogP contribution >= 0.6 is 0 Å². The van der Waals surface area contributed by atoms with Crippen molar-refractivity contribution in [1.29, 1.82) is 0 Å². The van der Waals surface area contributed by atoms with E-state index in [4.69, 9.17) is 0 Å². The highest BCUT2D eigenvalue weighted by Crippen LogP contribution is 2.12. The Balaban J connectivity index is 2.26. The molecule has 0 aliphatic carbocycles. The first kappa shape index (κ1) is 16.1. The number of hydrogen-bond donors (Lipinski definition) is 2. The van der Waals surface area contributed by atoms with Crippen molar-refractivity contribution >= 4 is 17.6 Å². The summed E-state index contributed by atoms with van der Waals surface area (Å²) in [6, 6.07) is 3.69. The molecule has 5 nitrogen and oxygen atoms in total. The molecule has 1 aromatic heterocycles. The third-order valence-electron chi connectivity index (χ3n) is 2.73. The van der Waals surface area contributed by atoms with Crippen LogP contribution in [-0.2, 0) is 9.59 Å².